The molecule has 90 valence electrons. The van der Waals surface area contributed by atoms with Crippen LogP contribution in [0.3, 0.4) is 0 Å². The number of carbonyl (C=O) groups is 2. The minimum absolute atomic E-state index is 0.0178. The van der Waals surface area contributed by atoms with Gasteiger partial charge < -0.3 is 15.3 Å². The Hall–Kier alpha value is -0.750. The van der Waals surface area contributed by atoms with Crippen LogP contribution in [-0.2, 0) is 4.79 Å². The van der Waals surface area contributed by atoms with Crippen molar-refractivity contribution < 1.29 is 14.7 Å². The Morgan fingerprint density at radius 3 is 2.75 bits per heavy atom. The highest BCUT2D eigenvalue weighted by molar-refractivity contribution is 8.14. The maximum atomic E-state index is 12.1. The molecule has 2 N–H and O–H groups in total. The summed E-state index contributed by atoms with van der Waals surface area (Å²) >= 11 is 1.15. The number of nitrogens with one attached hydrogen (secondary N) is 1. The summed E-state index contributed by atoms with van der Waals surface area (Å²) < 4.78 is 0. The van der Waals surface area contributed by atoms with Crippen LogP contribution in [0.25, 0.3) is 0 Å². The molecule has 0 aromatic carbocycles. The van der Waals surface area contributed by atoms with E-state index < -0.39 is 6.04 Å². The molecule has 2 fully saturated rings. The molecular formula is C10H16N2O3S. The Bertz CT molecular complexity index is 294. The molecule has 2 rings (SSSR count). The van der Waals surface area contributed by atoms with Gasteiger partial charge in [-0.3, -0.25) is 9.59 Å². The lowest BCUT2D eigenvalue weighted by Gasteiger charge is -2.38. The third kappa shape index (κ3) is 2.32. The van der Waals surface area contributed by atoms with Crippen molar-refractivity contribution in [1.82, 2.24) is 10.2 Å². The molecule has 1 atom stereocenters. The van der Waals surface area contributed by atoms with Crippen molar-refractivity contribution >= 4 is 22.9 Å². The van der Waals surface area contributed by atoms with Crippen molar-refractivity contribution in [2.75, 3.05) is 18.9 Å². The van der Waals surface area contributed by atoms with E-state index in [1.807, 2.05) is 0 Å². The van der Waals surface area contributed by atoms with Gasteiger partial charge in [0.05, 0.1) is 6.61 Å². The summed E-state index contributed by atoms with van der Waals surface area (Å²) in [5.41, 5.74) is 0. The monoisotopic (exact) mass is 244 g/mol. The van der Waals surface area contributed by atoms with E-state index in [9.17, 15) is 9.59 Å². The average molecular weight is 244 g/mol. The molecule has 5 nitrogen and oxygen atoms in total. The summed E-state index contributed by atoms with van der Waals surface area (Å²) in [6.07, 6.45) is 3.17. The first-order valence-electron chi connectivity index (χ1n) is 5.57. The van der Waals surface area contributed by atoms with Gasteiger partial charge in [-0.25, -0.2) is 0 Å². The number of thioether (sulfide) groups is 1. The van der Waals surface area contributed by atoms with Crippen molar-refractivity contribution in [2.24, 2.45) is 0 Å². The zero-order chi connectivity index (χ0) is 11.5. The van der Waals surface area contributed by atoms with Gasteiger partial charge in [-0.15, -0.1) is 0 Å². The lowest BCUT2D eigenvalue weighted by molar-refractivity contribution is -0.137. The van der Waals surface area contributed by atoms with Crippen LogP contribution >= 0.6 is 11.8 Å². The predicted octanol–water partition coefficient (Wildman–Crippen LogP) is 0.185. The Morgan fingerprint density at radius 1 is 1.56 bits per heavy atom. The van der Waals surface area contributed by atoms with E-state index in [1.54, 1.807) is 4.90 Å². The van der Waals surface area contributed by atoms with Crippen molar-refractivity contribution in [2.45, 2.75) is 31.3 Å². The fraction of sp³-hybridized carbons (Fsp3) is 0.800. The molecule has 0 spiro atoms. The van der Waals surface area contributed by atoms with Gasteiger partial charge >= 0.3 is 0 Å². The number of aliphatic hydroxyl groups is 1. The van der Waals surface area contributed by atoms with E-state index in [-0.39, 0.29) is 23.8 Å². The van der Waals surface area contributed by atoms with Crippen LogP contribution in [0.4, 0.5) is 4.79 Å². The third-order valence-corrected chi connectivity index (χ3v) is 3.99. The summed E-state index contributed by atoms with van der Waals surface area (Å²) in [7, 11) is 0. The standard InChI is InChI=1S/C10H16N2O3S/c13-5-4-12(7-2-1-3-7)9(14)8-6-16-10(15)11-8/h7-8,13H,1-6H2,(H,11,15). The van der Waals surface area contributed by atoms with Crippen LogP contribution < -0.4 is 5.32 Å². The van der Waals surface area contributed by atoms with E-state index in [4.69, 9.17) is 5.11 Å². The number of aliphatic hydroxyl groups excluding tert-OH is 1. The third-order valence-electron chi connectivity index (χ3n) is 3.11. The van der Waals surface area contributed by atoms with Crippen molar-refractivity contribution in [3.8, 4) is 0 Å². The summed E-state index contributed by atoms with van der Waals surface area (Å²) in [4.78, 5) is 24.8. The fourth-order valence-corrected chi connectivity index (χ4v) is 2.77. The second-order valence-corrected chi connectivity index (χ2v) is 5.13. The Labute approximate surface area is 98.6 Å². The van der Waals surface area contributed by atoms with Crippen molar-refractivity contribution in [3.63, 3.8) is 0 Å². The molecule has 2 amide bonds. The molecule has 1 unspecified atom stereocenters. The summed E-state index contributed by atoms with van der Waals surface area (Å²) in [5.74, 6) is 0.462. The highest BCUT2D eigenvalue weighted by atomic mass is 32.2. The van der Waals surface area contributed by atoms with Crippen molar-refractivity contribution in [3.05, 3.63) is 0 Å². The Morgan fingerprint density at radius 2 is 2.31 bits per heavy atom. The zero-order valence-electron chi connectivity index (χ0n) is 9.02. The first-order chi connectivity index (χ1) is 7.72. The highest BCUT2D eigenvalue weighted by Gasteiger charge is 2.35. The second kappa shape index (κ2) is 5.05. The van der Waals surface area contributed by atoms with Gasteiger partial charge in [0.1, 0.15) is 6.04 Å². The molecule has 16 heavy (non-hydrogen) atoms. The number of hydrogen-bond donors (Lipinski definition) is 2. The van der Waals surface area contributed by atoms with Crippen LogP contribution in [0, 0.1) is 0 Å². The lowest BCUT2D eigenvalue weighted by Crippen LogP contribution is -2.52. The molecule has 0 bridgehead atoms. The van der Waals surface area contributed by atoms with E-state index in [2.05, 4.69) is 5.32 Å². The number of nitrogens with zero attached hydrogens (tertiary/aromatic N) is 1. The molecule has 0 aromatic rings. The predicted molar refractivity (Wildman–Crippen MR) is 61.2 cm³/mol. The van der Waals surface area contributed by atoms with Gasteiger partial charge in [0.25, 0.3) is 5.24 Å². The van der Waals surface area contributed by atoms with Gasteiger partial charge in [-0.1, -0.05) is 11.8 Å². The molecule has 2 aliphatic rings. The molecule has 1 saturated heterocycles. The first kappa shape index (κ1) is 11.7. The fourth-order valence-electron chi connectivity index (χ4n) is 2.00. The average Bonchev–Trinajstić information content (AvgIpc) is 2.60. The van der Waals surface area contributed by atoms with E-state index in [0.29, 0.717) is 12.3 Å². The molecule has 1 aliphatic heterocycles. The topological polar surface area (TPSA) is 69.6 Å². The summed E-state index contributed by atoms with van der Waals surface area (Å²) in [5, 5.41) is 11.5. The van der Waals surface area contributed by atoms with Gasteiger partial charge in [-0.2, -0.15) is 0 Å². The Balaban J connectivity index is 1.95. The minimum Gasteiger partial charge on any atom is -0.395 e. The van der Waals surface area contributed by atoms with Crippen LogP contribution in [0.2, 0.25) is 0 Å². The number of amides is 2. The Kier molecular flexibility index (Phi) is 3.70. The number of carbonyl (C=O) groups excluding carboxylic acids is 2. The molecule has 1 saturated carbocycles. The largest absolute Gasteiger partial charge is 0.395 e. The van der Waals surface area contributed by atoms with E-state index in [0.717, 1.165) is 31.0 Å². The number of rotatable bonds is 4. The van der Waals surface area contributed by atoms with Gasteiger partial charge in [-0.05, 0) is 19.3 Å². The van der Waals surface area contributed by atoms with Gasteiger partial charge in [0.2, 0.25) is 5.91 Å². The van der Waals surface area contributed by atoms with Crippen LogP contribution in [0.15, 0.2) is 0 Å². The van der Waals surface area contributed by atoms with Crippen LogP contribution in [0.5, 0.6) is 0 Å². The summed E-state index contributed by atoms with van der Waals surface area (Å²) in [6, 6.07) is -0.133. The van der Waals surface area contributed by atoms with E-state index in [1.165, 1.54) is 0 Å². The molecule has 1 aliphatic carbocycles. The van der Waals surface area contributed by atoms with Crippen molar-refractivity contribution in [1.29, 1.82) is 0 Å². The van der Waals surface area contributed by atoms with Crippen LogP contribution in [-0.4, -0.2) is 52.1 Å². The number of hydrogen-bond acceptors (Lipinski definition) is 4. The maximum Gasteiger partial charge on any atom is 0.279 e. The minimum atomic E-state index is -0.398. The first-order valence-corrected chi connectivity index (χ1v) is 6.55. The highest BCUT2D eigenvalue weighted by Crippen LogP contribution is 2.26. The van der Waals surface area contributed by atoms with Crippen LogP contribution in [0.1, 0.15) is 19.3 Å². The van der Waals surface area contributed by atoms with Gasteiger partial charge in [0.15, 0.2) is 0 Å². The summed E-state index contributed by atoms with van der Waals surface area (Å²) in [6.45, 7) is 0.358. The molecule has 0 aromatic heterocycles. The normalized spacial score (nSPS) is 25.1. The smallest absolute Gasteiger partial charge is 0.279 e. The van der Waals surface area contributed by atoms with Gasteiger partial charge in [0, 0.05) is 18.3 Å². The molecule has 1 heterocycles. The zero-order valence-corrected chi connectivity index (χ0v) is 9.83. The lowest BCUT2D eigenvalue weighted by atomic mass is 9.91. The quantitative estimate of drug-likeness (QED) is 0.740. The SMILES string of the molecule is O=C1NC(C(=O)N(CCO)C2CCC2)CS1. The molecule has 6 heteroatoms. The molecule has 0 radical (unpaired) electrons. The second-order valence-electron chi connectivity index (χ2n) is 4.14. The molecular weight excluding hydrogens is 228 g/mol. The van der Waals surface area contributed by atoms with E-state index >= 15 is 0 Å². The maximum absolute atomic E-state index is 12.1.